The summed E-state index contributed by atoms with van der Waals surface area (Å²) in [6.07, 6.45) is 0.116. The number of benzene rings is 2. The first kappa shape index (κ1) is 15.9. The molecule has 24 heavy (non-hydrogen) atoms. The SMILES string of the molecule is CC(OC(=O)c1ccc2c(c1)CCC(=O)N2)C(=O)c1ccccc1. The summed E-state index contributed by atoms with van der Waals surface area (Å²) in [6, 6.07) is 13.7. The van der Waals surface area contributed by atoms with E-state index < -0.39 is 12.1 Å². The van der Waals surface area contributed by atoms with E-state index in [0.29, 0.717) is 24.0 Å². The molecular weight excluding hydrogens is 306 g/mol. The topological polar surface area (TPSA) is 72.5 Å². The molecule has 1 heterocycles. The van der Waals surface area contributed by atoms with Gasteiger partial charge in [-0.15, -0.1) is 0 Å². The number of esters is 1. The molecule has 5 heteroatoms. The molecule has 1 atom stereocenters. The second-order valence-corrected chi connectivity index (χ2v) is 5.70. The third-order valence-corrected chi connectivity index (χ3v) is 3.95. The maximum absolute atomic E-state index is 12.3. The molecule has 122 valence electrons. The fourth-order valence-electron chi connectivity index (χ4n) is 2.63. The highest BCUT2D eigenvalue weighted by molar-refractivity contribution is 6.01. The van der Waals surface area contributed by atoms with E-state index in [-0.39, 0.29) is 11.7 Å². The fourth-order valence-corrected chi connectivity index (χ4v) is 2.63. The van der Waals surface area contributed by atoms with Crippen LogP contribution in [0.25, 0.3) is 0 Å². The minimum Gasteiger partial charge on any atom is -0.451 e. The van der Waals surface area contributed by atoms with Crippen LogP contribution < -0.4 is 5.32 Å². The number of hydrogen-bond donors (Lipinski definition) is 1. The molecule has 0 saturated heterocycles. The molecule has 5 nitrogen and oxygen atoms in total. The van der Waals surface area contributed by atoms with E-state index in [4.69, 9.17) is 4.74 Å². The van der Waals surface area contributed by atoms with Crippen molar-refractivity contribution in [3.05, 3.63) is 65.2 Å². The highest BCUT2D eigenvalue weighted by Gasteiger charge is 2.22. The molecule has 0 saturated carbocycles. The first-order chi connectivity index (χ1) is 11.5. The van der Waals surface area contributed by atoms with Crippen LogP contribution in [0.1, 0.15) is 39.6 Å². The molecule has 1 amide bonds. The normalized spacial score (nSPS) is 14.3. The molecule has 0 aromatic heterocycles. The largest absolute Gasteiger partial charge is 0.451 e. The van der Waals surface area contributed by atoms with Gasteiger partial charge in [0.1, 0.15) is 0 Å². The number of ketones is 1. The maximum Gasteiger partial charge on any atom is 0.338 e. The van der Waals surface area contributed by atoms with Crippen molar-refractivity contribution < 1.29 is 19.1 Å². The van der Waals surface area contributed by atoms with Gasteiger partial charge in [-0.1, -0.05) is 30.3 Å². The number of carbonyl (C=O) groups is 3. The summed E-state index contributed by atoms with van der Waals surface area (Å²) in [4.78, 5) is 35.9. The molecular formula is C19H17NO4. The van der Waals surface area contributed by atoms with Crippen LogP contribution in [0.3, 0.4) is 0 Å². The van der Waals surface area contributed by atoms with Gasteiger partial charge in [-0.3, -0.25) is 9.59 Å². The first-order valence-corrected chi connectivity index (χ1v) is 7.77. The number of hydrogen-bond acceptors (Lipinski definition) is 4. The molecule has 0 spiro atoms. The van der Waals surface area contributed by atoms with Crippen LogP contribution in [0, 0.1) is 0 Å². The molecule has 0 bridgehead atoms. The average Bonchev–Trinajstić information content (AvgIpc) is 2.61. The van der Waals surface area contributed by atoms with Gasteiger partial charge in [0.25, 0.3) is 0 Å². The van der Waals surface area contributed by atoms with Crippen molar-refractivity contribution in [2.45, 2.75) is 25.9 Å². The zero-order valence-electron chi connectivity index (χ0n) is 13.2. The summed E-state index contributed by atoms with van der Waals surface area (Å²) in [5.74, 6) is -0.819. The van der Waals surface area contributed by atoms with E-state index in [1.165, 1.54) is 0 Å². The minimum absolute atomic E-state index is 0.0279. The Morgan fingerprint density at radius 1 is 1.04 bits per heavy atom. The van der Waals surface area contributed by atoms with E-state index >= 15 is 0 Å². The third kappa shape index (κ3) is 3.35. The summed E-state index contributed by atoms with van der Waals surface area (Å²) in [7, 11) is 0. The van der Waals surface area contributed by atoms with Crippen LogP contribution in [0.5, 0.6) is 0 Å². The molecule has 1 aliphatic rings. The Kier molecular flexibility index (Phi) is 4.42. The number of carbonyl (C=O) groups excluding carboxylic acids is 3. The molecule has 1 aliphatic heterocycles. The van der Waals surface area contributed by atoms with Gasteiger partial charge in [0, 0.05) is 17.7 Å². The Morgan fingerprint density at radius 2 is 1.79 bits per heavy atom. The van der Waals surface area contributed by atoms with Crippen LogP contribution in [-0.2, 0) is 16.0 Å². The van der Waals surface area contributed by atoms with E-state index in [0.717, 1.165) is 11.3 Å². The van der Waals surface area contributed by atoms with Crippen molar-refractivity contribution in [1.82, 2.24) is 0 Å². The van der Waals surface area contributed by atoms with Crippen molar-refractivity contribution in [2.75, 3.05) is 5.32 Å². The van der Waals surface area contributed by atoms with E-state index in [2.05, 4.69) is 5.32 Å². The molecule has 1 unspecified atom stereocenters. The van der Waals surface area contributed by atoms with Crippen molar-refractivity contribution in [1.29, 1.82) is 0 Å². The van der Waals surface area contributed by atoms with Crippen LogP contribution >= 0.6 is 0 Å². The standard InChI is InChI=1S/C19H17NO4/c1-12(18(22)13-5-3-2-4-6-13)24-19(23)15-7-9-16-14(11-15)8-10-17(21)20-16/h2-7,9,11-12H,8,10H2,1H3,(H,20,21). The lowest BCUT2D eigenvalue weighted by atomic mass is 10.0. The van der Waals surface area contributed by atoms with Gasteiger partial charge in [0.15, 0.2) is 6.10 Å². The van der Waals surface area contributed by atoms with Crippen molar-refractivity contribution in [3.63, 3.8) is 0 Å². The number of ether oxygens (including phenoxy) is 1. The molecule has 2 aromatic carbocycles. The Labute approximate surface area is 139 Å². The average molecular weight is 323 g/mol. The highest BCUT2D eigenvalue weighted by Crippen LogP contribution is 2.24. The number of aryl methyl sites for hydroxylation is 1. The highest BCUT2D eigenvalue weighted by atomic mass is 16.5. The van der Waals surface area contributed by atoms with Crippen molar-refractivity contribution in [3.8, 4) is 0 Å². The Bertz CT molecular complexity index is 798. The predicted molar refractivity (Wildman–Crippen MR) is 89.0 cm³/mol. The first-order valence-electron chi connectivity index (χ1n) is 7.77. The third-order valence-electron chi connectivity index (χ3n) is 3.95. The Morgan fingerprint density at radius 3 is 2.54 bits per heavy atom. The van der Waals surface area contributed by atoms with Gasteiger partial charge < -0.3 is 10.1 Å². The zero-order valence-corrected chi connectivity index (χ0v) is 13.2. The van der Waals surface area contributed by atoms with Gasteiger partial charge >= 0.3 is 5.97 Å². The van der Waals surface area contributed by atoms with Crippen LogP contribution in [0.15, 0.2) is 48.5 Å². The van der Waals surface area contributed by atoms with Crippen LogP contribution in [0.2, 0.25) is 0 Å². The number of fused-ring (bicyclic) bond motifs is 1. The second-order valence-electron chi connectivity index (χ2n) is 5.70. The lowest BCUT2D eigenvalue weighted by Gasteiger charge is -2.18. The summed E-state index contributed by atoms with van der Waals surface area (Å²) in [5.41, 5.74) is 2.49. The van der Waals surface area contributed by atoms with Gasteiger partial charge in [-0.25, -0.2) is 4.79 Å². The quantitative estimate of drug-likeness (QED) is 0.693. The second kappa shape index (κ2) is 6.66. The van der Waals surface area contributed by atoms with Gasteiger partial charge in [-0.2, -0.15) is 0 Å². The Balaban J connectivity index is 1.71. The molecule has 0 aliphatic carbocycles. The summed E-state index contributed by atoms with van der Waals surface area (Å²) >= 11 is 0. The fraction of sp³-hybridized carbons (Fsp3) is 0.211. The van der Waals surface area contributed by atoms with Gasteiger partial charge in [0.05, 0.1) is 5.56 Å². The van der Waals surface area contributed by atoms with Crippen molar-refractivity contribution >= 4 is 23.3 Å². The van der Waals surface area contributed by atoms with E-state index in [9.17, 15) is 14.4 Å². The summed E-state index contributed by atoms with van der Waals surface area (Å²) < 4.78 is 5.29. The number of amides is 1. The molecule has 1 N–H and O–H groups in total. The lowest BCUT2D eigenvalue weighted by molar-refractivity contribution is -0.116. The smallest absolute Gasteiger partial charge is 0.338 e. The number of rotatable bonds is 4. The van der Waals surface area contributed by atoms with Crippen molar-refractivity contribution in [2.24, 2.45) is 0 Å². The van der Waals surface area contributed by atoms with Crippen LogP contribution in [-0.4, -0.2) is 23.8 Å². The number of Topliss-reactive ketones (excluding diaryl/α,β-unsaturated/α-hetero) is 1. The van der Waals surface area contributed by atoms with E-state index in [1.807, 2.05) is 6.07 Å². The molecule has 0 fully saturated rings. The van der Waals surface area contributed by atoms with E-state index in [1.54, 1.807) is 49.4 Å². The summed E-state index contributed by atoms with van der Waals surface area (Å²) in [5, 5.41) is 2.76. The molecule has 2 aromatic rings. The molecule has 3 rings (SSSR count). The minimum atomic E-state index is -0.865. The number of anilines is 1. The predicted octanol–water partition coefficient (Wildman–Crippen LogP) is 3.00. The molecule has 0 radical (unpaired) electrons. The number of nitrogens with one attached hydrogen (secondary N) is 1. The van der Waals surface area contributed by atoms with Crippen LogP contribution in [0.4, 0.5) is 5.69 Å². The lowest BCUT2D eigenvalue weighted by Crippen LogP contribution is -2.25. The Hall–Kier alpha value is -2.95. The maximum atomic E-state index is 12.3. The summed E-state index contributed by atoms with van der Waals surface area (Å²) in [6.45, 7) is 1.56. The van der Waals surface area contributed by atoms with Gasteiger partial charge in [-0.05, 0) is 37.1 Å². The van der Waals surface area contributed by atoms with Gasteiger partial charge in [0.2, 0.25) is 11.7 Å². The monoisotopic (exact) mass is 323 g/mol. The zero-order chi connectivity index (χ0) is 17.1.